The first kappa shape index (κ1) is 10.6. The highest BCUT2D eigenvalue weighted by Crippen LogP contribution is 2.08. The zero-order valence-corrected chi connectivity index (χ0v) is 9.24. The van der Waals surface area contributed by atoms with Gasteiger partial charge in [0, 0.05) is 5.38 Å². The maximum absolute atomic E-state index is 11.5. The number of aryl methyl sites for hydroxylation is 1. The minimum atomic E-state index is -0.426. The predicted octanol–water partition coefficient (Wildman–Crippen LogP) is 0.347. The SMILES string of the molecule is Cc1nc(CNC(=O)c2nonc2N)cs1. The van der Waals surface area contributed by atoms with Gasteiger partial charge in [-0.05, 0) is 17.2 Å². The summed E-state index contributed by atoms with van der Waals surface area (Å²) in [6, 6.07) is 0. The monoisotopic (exact) mass is 239 g/mol. The van der Waals surface area contributed by atoms with Crippen LogP contribution in [0.1, 0.15) is 21.2 Å². The van der Waals surface area contributed by atoms with Gasteiger partial charge in [0.2, 0.25) is 11.5 Å². The predicted molar refractivity (Wildman–Crippen MR) is 56.7 cm³/mol. The lowest BCUT2D eigenvalue weighted by atomic mass is 10.4. The number of carbonyl (C=O) groups is 1. The zero-order valence-electron chi connectivity index (χ0n) is 8.43. The molecule has 0 bridgehead atoms. The Balaban J connectivity index is 1.96. The van der Waals surface area contributed by atoms with Crippen LogP contribution in [0.2, 0.25) is 0 Å². The number of aromatic nitrogens is 3. The van der Waals surface area contributed by atoms with Crippen LogP contribution >= 0.6 is 11.3 Å². The van der Waals surface area contributed by atoms with Gasteiger partial charge in [0.25, 0.3) is 5.91 Å². The fourth-order valence-electron chi connectivity index (χ4n) is 1.10. The Kier molecular flexibility index (Phi) is 2.82. The van der Waals surface area contributed by atoms with E-state index in [0.717, 1.165) is 10.7 Å². The molecule has 16 heavy (non-hydrogen) atoms. The molecule has 3 N–H and O–H groups in total. The Hall–Kier alpha value is -1.96. The van der Waals surface area contributed by atoms with E-state index in [1.807, 2.05) is 12.3 Å². The van der Waals surface area contributed by atoms with Crippen molar-refractivity contribution >= 4 is 23.1 Å². The van der Waals surface area contributed by atoms with Gasteiger partial charge in [0.15, 0.2) is 0 Å². The second-order valence-electron chi connectivity index (χ2n) is 3.04. The summed E-state index contributed by atoms with van der Waals surface area (Å²) in [5, 5.41) is 12.2. The van der Waals surface area contributed by atoms with E-state index in [1.54, 1.807) is 0 Å². The van der Waals surface area contributed by atoms with Crippen LogP contribution in [0.25, 0.3) is 0 Å². The van der Waals surface area contributed by atoms with E-state index in [2.05, 4.69) is 25.2 Å². The molecule has 0 atom stereocenters. The molecule has 0 aliphatic carbocycles. The summed E-state index contributed by atoms with van der Waals surface area (Å²) in [7, 11) is 0. The number of hydrogen-bond donors (Lipinski definition) is 2. The van der Waals surface area contributed by atoms with E-state index in [9.17, 15) is 4.79 Å². The Labute approximate surface area is 94.6 Å². The molecule has 0 saturated carbocycles. The van der Waals surface area contributed by atoms with Crippen molar-refractivity contribution in [2.24, 2.45) is 0 Å². The van der Waals surface area contributed by atoms with Gasteiger partial charge < -0.3 is 11.1 Å². The number of nitrogens with two attached hydrogens (primary N) is 1. The van der Waals surface area contributed by atoms with Crippen LogP contribution in [-0.4, -0.2) is 21.2 Å². The maximum atomic E-state index is 11.5. The maximum Gasteiger partial charge on any atom is 0.277 e. The fraction of sp³-hybridized carbons (Fsp3) is 0.250. The largest absolute Gasteiger partial charge is 0.379 e. The Morgan fingerprint density at radius 3 is 3.00 bits per heavy atom. The van der Waals surface area contributed by atoms with Crippen molar-refractivity contribution in [2.45, 2.75) is 13.5 Å². The van der Waals surface area contributed by atoms with Crippen LogP contribution < -0.4 is 11.1 Å². The van der Waals surface area contributed by atoms with Gasteiger partial charge in [-0.1, -0.05) is 0 Å². The molecule has 2 rings (SSSR count). The van der Waals surface area contributed by atoms with E-state index in [1.165, 1.54) is 11.3 Å². The number of carbonyl (C=O) groups excluding carboxylic acids is 1. The average Bonchev–Trinajstić information content (AvgIpc) is 2.84. The lowest BCUT2D eigenvalue weighted by molar-refractivity contribution is 0.0941. The van der Waals surface area contributed by atoms with Gasteiger partial charge in [-0.25, -0.2) is 9.61 Å². The summed E-state index contributed by atoms with van der Waals surface area (Å²) in [5.41, 5.74) is 6.16. The normalized spacial score (nSPS) is 10.3. The molecular formula is C8H9N5O2S. The van der Waals surface area contributed by atoms with Crippen LogP contribution in [0, 0.1) is 6.92 Å². The van der Waals surface area contributed by atoms with Gasteiger partial charge in [-0.3, -0.25) is 4.79 Å². The van der Waals surface area contributed by atoms with Crippen molar-refractivity contribution in [3.8, 4) is 0 Å². The molecule has 84 valence electrons. The number of rotatable bonds is 3. The van der Waals surface area contributed by atoms with Crippen molar-refractivity contribution in [1.29, 1.82) is 0 Å². The molecule has 0 unspecified atom stereocenters. The standard InChI is InChI=1S/C8H9N5O2S/c1-4-11-5(3-16-4)2-10-8(14)6-7(9)13-15-12-6/h3H,2H2,1H3,(H2,9,13)(H,10,14). The number of anilines is 1. The summed E-state index contributed by atoms with van der Waals surface area (Å²) in [6.45, 7) is 2.23. The molecule has 0 aliphatic rings. The lowest BCUT2D eigenvalue weighted by Crippen LogP contribution is -2.24. The average molecular weight is 239 g/mol. The van der Waals surface area contributed by atoms with Crippen LogP contribution in [0.15, 0.2) is 10.0 Å². The van der Waals surface area contributed by atoms with Crippen molar-refractivity contribution < 1.29 is 9.42 Å². The zero-order chi connectivity index (χ0) is 11.5. The van der Waals surface area contributed by atoms with E-state index < -0.39 is 5.91 Å². The summed E-state index contributed by atoms with van der Waals surface area (Å²) in [5.74, 6) is -0.448. The molecule has 0 aromatic carbocycles. The molecule has 0 saturated heterocycles. The van der Waals surface area contributed by atoms with Gasteiger partial charge in [0.05, 0.1) is 17.2 Å². The summed E-state index contributed by atoms with van der Waals surface area (Å²) in [4.78, 5) is 15.7. The molecule has 2 heterocycles. The van der Waals surface area contributed by atoms with Gasteiger partial charge in [-0.2, -0.15) is 0 Å². The van der Waals surface area contributed by atoms with Crippen LogP contribution in [-0.2, 0) is 6.54 Å². The molecule has 0 fully saturated rings. The minimum Gasteiger partial charge on any atom is -0.379 e. The number of nitrogens with one attached hydrogen (secondary N) is 1. The number of hydrogen-bond acceptors (Lipinski definition) is 7. The molecule has 0 radical (unpaired) electrons. The summed E-state index contributed by atoms with van der Waals surface area (Å²) in [6.07, 6.45) is 0. The second-order valence-corrected chi connectivity index (χ2v) is 4.10. The molecule has 7 nitrogen and oxygen atoms in total. The first-order chi connectivity index (χ1) is 7.66. The van der Waals surface area contributed by atoms with Crippen LogP contribution in [0.5, 0.6) is 0 Å². The molecule has 2 aromatic rings. The highest BCUT2D eigenvalue weighted by molar-refractivity contribution is 7.09. The highest BCUT2D eigenvalue weighted by atomic mass is 32.1. The van der Waals surface area contributed by atoms with Crippen molar-refractivity contribution in [2.75, 3.05) is 5.73 Å². The Morgan fingerprint density at radius 2 is 2.44 bits per heavy atom. The summed E-state index contributed by atoms with van der Waals surface area (Å²) >= 11 is 1.52. The molecule has 8 heteroatoms. The first-order valence-electron chi connectivity index (χ1n) is 4.44. The third kappa shape index (κ3) is 2.16. The third-order valence-electron chi connectivity index (χ3n) is 1.83. The van der Waals surface area contributed by atoms with Crippen molar-refractivity contribution in [1.82, 2.24) is 20.6 Å². The van der Waals surface area contributed by atoms with Crippen molar-refractivity contribution in [3.05, 3.63) is 21.8 Å². The topological polar surface area (TPSA) is 107 Å². The Morgan fingerprint density at radius 1 is 1.62 bits per heavy atom. The fourth-order valence-corrected chi connectivity index (χ4v) is 1.71. The lowest BCUT2D eigenvalue weighted by Gasteiger charge is -1.99. The number of thiazole rings is 1. The number of nitrogen functional groups attached to an aromatic ring is 1. The quantitative estimate of drug-likeness (QED) is 0.800. The molecule has 1 amide bonds. The third-order valence-corrected chi connectivity index (χ3v) is 2.65. The second kappa shape index (κ2) is 4.27. The van der Waals surface area contributed by atoms with Crippen molar-refractivity contribution in [3.63, 3.8) is 0 Å². The smallest absolute Gasteiger partial charge is 0.277 e. The number of nitrogens with zero attached hydrogens (tertiary/aromatic N) is 3. The molecular weight excluding hydrogens is 230 g/mol. The van der Waals surface area contributed by atoms with E-state index in [4.69, 9.17) is 5.73 Å². The molecule has 2 aromatic heterocycles. The summed E-state index contributed by atoms with van der Waals surface area (Å²) < 4.78 is 4.32. The highest BCUT2D eigenvalue weighted by Gasteiger charge is 2.15. The van der Waals surface area contributed by atoms with Crippen LogP contribution in [0.3, 0.4) is 0 Å². The van der Waals surface area contributed by atoms with E-state index in [0.29, 0.717) is 6.54 Å². The minimum absolute atomic E-state index is 0.00745. The molecule has 0 aliphatic heterocycles. The van der Waals surface area contributed by atoms with E-state index >= 15 is 0 Å². The first-order valence-corrected chi connectivity index (χ1v) is 5.32. The number of amides is 1. The van der Waals surface area contributed by atoms with Crippen LogP contribution in [0.4, 0.5) is 5.82 Å². The van der Waals surface area contributed by atoms with Gasteiger partial charge >= 0.3 is 0 Å². The van der Waals surface area contributed by atoms with Gasteiger partial charge in [0.1, 0.15) is 0 Å². The van der Waals surface area contributed by atoms with Gasteiger partial charge in [-0.15, -0.1) is 11.3 Å². The molecule has 0 spiro atoms. The van der Waals surface area contributed by atoms with E-state index in [-0.39, 0.29) is 11.5 Å². The Bertz CT molecular complexity index is 506.